The van der Waals surface area contributed by atoms with Crippen LogP contribution >= 0.6 is 0 Å². The fourth-order valence-corrected chi connectivity index (χ4v) is 4.51. The predicted octanol–water partition coefficient (Wildman–Crippen LogP) is -5.68. The van der Waals surface area contributed by atoms with Crippen molar-refractivity contribution < 1.29 is 79.2 Å². The normalized spacial score (nSPS) is 48.1. The third kappa shape index (κ3) is 6.68. The van der Waals surface area contributed by atoms with Gasteiger partial charge < -0.3 is 79.2 Å². The van der Waals surface area contributed by atoms with Gasteiger partial charge in [-0.1, -0.05) is 6.92 Å². The molecule has 3 heterocycles. The largest absolute Gasteiger partial charge is 0.394 e. The zero-order valence-corrected chi connectivity index (χ0v) is 20.7. The SMILES string of the molecule is CCCO[C@H]1O[C@H](CO[C@H]2O[C@H](CO)[C@@H](O)[C@H](O)[C@@H]2O)[C@@H](O)[C@H](O[C@H]2O[C@H](CO)[C@@H](O)[C@H](C=O)[C@@H]2O)[C@@H]1O. The molecule has 16 nitrogen and oxygen atoms in total. The molecule has 3 aliphatic heterocycles. The van der Waals surface area contributed by atoms with Crippen LogP contribution in [0.5, 0.6) is 0 Å². The summed E-state index contributed by atoms with van der Waals surface area (Å²) in [4.78, 5) is 11.4. The van der Waals surface area contributed by atoms with E-state index in [1.807, 2.05) is 0 Å². The number of hydrogen-bond donors (Lipinski definition) is 9. The Morgan fingerprint density at radius 2 is 1.24 bits per heavy atom. The molecular formula is C22H38O16. The van der Waals surface area contributed by atoms with E-state index >= 15 is 0 Å². The van der Waals surface area contributed by atoms with Crippen molar-refractivity contribution in [2.45, 2.75) is 99.4 Å². The highest BCUT2D eigenvalue weighted by Crippen LogP contribution is 2.32. The Bertz CT molecular complexity index is 727. The minimum atomic E-state index is -1.72. The van der Waals surface area contributed by atoms with Crippen molar-refractivity contribution in [3.05, 3.63) is 0 Å². The second-order valence-electron chi connectivity index (χ2n) is 9.45. The fraction of sp³-hybridized carbons (Fsp3) is 0.955. The monoisotopic (exact) mass is 558 g/mol. The molecule has 16 heteroatoms. The highest BCUT2D eigenvalue weighted by atomic mass is 16.7. The van der Waals surface area contributed by atoms with Gasteiger partial charge in [0.1, 0.15) is 67.3 Å². The molecule has 3 aliphatic rings. The van der Waals surface area contributed by atoms with Gasteiger partial charge >= 0.3 is 0 Å². The van der Waals surface area contributed by atoms with Crippen LogP contribution in [0.3, 0.4) is 0 Å². The average molecular weight is 559 g/mol. The highest BCUT2D eigenvalue weighted by molar-refractivity contribution is 5.56. The van der Waals surface area contributed by atoms with Gasteiger partial charge in [-0.05, 0) is 6.42 Å². The van der Waals surface area contributed by atoms with Crippen molar-refractivity contribution in [1.29, 1.82) is 0 Å². The molecule has 3 saturated heterocycles. The van der Waals surface area contributed by atoms with E-state index in [0.29, 0.717) is 6.42 Å². The third-order valence-corrected chi connectivity index (χ3v) is 6.79. The molecule has 3 fully saturated rings. The quantitative estimate of drug-likeness (QED) is 0.107. The van der Waals surface area contributed by atoms with E-state index in [-0.39, 0.29) is 12.9 Å². The molecule has 15 atom stereocenters. The Morgan fingerprint density at radius 1 is 0.658 bits per heavy atom. The molecule has 222 valence electrons. The maximum Gasteiger partial charge on any atom is 0.186 e. The van der Waals surface area contributed by atoms with Crippen molar-refractivity contribution in [3.8, 4) is 0 Å². The van der Waals surface area contributed by atoms with Crippen molar-refractivity contribution in [2.24, 2.45) is 5.92 Å². The highest BCUT2D eigenvalue weighted by Gasteiger charge is 2.52. The molecule has 9 N–H and O–H groups in total. The van der Waals surface area contributed by atoms with Crippen LogP contribution in [-0.4, -0.2) is 165 Å². The molecule has 0 aromatic carbocycles. The minimum absolute atomic E-state index is 0.138. The number of carbonyl (C=O) groups is 1. The maximum absolute atomic E-state index is 11.4. The number of aldehydes is 1. The number of aliphatic hydroxyl groups is 9. The molecule has 0 aromatic rings. The molecule has 0 amide bonds. The molecule has 0 unspecified atom stereocenters. The van der Waals surface area contributed by atoms with Crippen LogP contribution in [0.25, 0.3) is 0 Å². The van der Waals surface area contributed by atoms with Gasteiger partial charge in [-0.2, -0.15) is 0 Å². The maximum atomic E-state index is 11.4. The smallest absolute Gasteiger partial charge is 0.186 e. The summed E-state index contributed by atoms with van der Waals surface area (Å²) in [5.74, 6) is -1.39. The van der Waals surface area contributed by atoms with Gasteiger partial charge in [0.15, 0.2) is 18.9 Å². The third-order valence-electron chi connectivity index (χ3n) is 6.79. The molecule has 3 rings (SSSR count). The summed E-state index contributed by atoms with van der Waals surface area (Å²) < 4.78 is 32.9. The standard InChI is InChI=1S/C22H38O16/c1-2-3-33-21-18(32)19(38-22-13(27)8(4-23)12(26)9(5-24)36-22)15(29)11(37-21)7-34-20-17(31)16(30)14(28)10(6-25)35-20/h4,8-22,24-32H,2-3,5-7H2,1H3/t8-,9+,10+,11+,12-,13-,14+,15+,16-,17-,18-,19-,20-,21-,22+/m0/s1. The van der Waals surface area contributed by atoms with E-state index in [2.05, 4.69) is 0 Å². The minimum Gasteiger partial charge on any atom is -0.394 e. The number of hydrogen-bond acceptors (Lipinski definition) is 16. The van der Waals surface area contributed by atoms with Crippen LogP contribution in [0, 0.1) is 5.92 Å². The first-order valence-corrected chi connectivity index (χ1v) is 12.4. The number of ether oxygens (including phenoxy) is 6. The van der Waals surface area contributed by atoms with Gasteiger partial charge in [-0.15, -0.1) is 0 Å². The van der Waals surface area contributed by atoms with Crippen molar-refractivity contribution in [3.63, 3.8) is 0 Å². The Kier molecular flexibility index (Phi) is 11.7. The van der Waals surface area contributed by atoms with Crippen LogP contribution in [0.1, 0.15) is 13.3 Å². The molecule has 38 heavy (non-hydrogen) atoms. The van der Waals surface area contributed by atoms with Gasteiger partial charge in [0.05, 0.1) is 31.8 Å². The summed E-state index contributed by atoms with van der Waals surface area (Å²) in [6, 6.07) is 0. The summed E-state index contributed by atoms with van der Waals surface area (Å²) >= 11 is 0. The lowest BCUT2D eigenvalue weighted by atomic mass is 9.90. The van der Waals surface area contributed by atoms with Crippen molar-refractivity contribution in [1.82, 2.24) is 0 Å². The first kappa shape index (κ1) is 31.6. The first-order chi connectivity index (χ1) is 18.1. The Morgan fingerprint density at radius 3 is 1.84 bits per heavy atom. The molecule has 0 spiro atoms. The Labute approximate surface area is 217 Å². The first-order valence-electron chi connectivity index (χ1n) is 12.4. The van der Waals surface area contributed by atoms with E-state index in [1.165, 1.54) is 0 Å². The lowest BCUT2D eigenvalue weighted by Gasteiger charge is -2.46. The van der Waals surface area contributed by atoms with Crippen LogP contribution in [0.15, 0.2) is 0 Å². The number of rotatable bonds is 11. The van der Waals surface area contributed by atoms with Gasteiger partial charge in [0, 0.05) is 6.61 Å². The average Bonchev–Trinajstić information content (AvgIpc) is 2.91. The van der Waals surface area contributed by atoms with Crippen LogP contribution in [0.4, 0.5) is 0 Å². The molecule has 0 aromatic heterocycles. The summed E-state index contributed by atoms with van der Waals surface area (Å²) in [6.07, 6.45) is -20.7. The summed E-state index contributed by atoms with van der Waals surface area (Å²) in [7, 11) is 0. The van der Waals surface area contributed by atoms with Crippen LogP contribution in [0.2, 0.25) is 0 Å². The topological polar surface area (TPSA) is 255 Å². The number of carbonyl (C=O) groups excluding carboxylic acids is 1. The van der Waals surface area contributed by atoms with E-state index in [1.54, 1.807) is 6.92 Å². The van der Waals surface area contributed by atoms with Gasteiger partial charge in [0.25, 0.3) is 0 Å². The van der Waals surface area contributed by atoms with Crippen molar-refractivity contribution >= 4 is 6.29 Å². The zero-order chi connectivity index (χ0) is 28.1. The Hall–Kier alpha value is -0.930. The fourth-order valence-electron chi connectivity index (χ4n) is 4.51. The second kappa shape index (κ2) is 14.1. The van der Waals surface area contributed by atoms with Crippen LogP contribution < -0.4 is 0 Å². The zero-order valence-electron chi connectivity index (χ0n) is 20.7. The molecule has 0 aliphatic carbocycles. The van der Waals surface area contributed by atoms with E-state index in [9.17, 15) is 50.8 Å². The van der Waals surface area contributed by atoms with Crippen LogP contribution in [-0.2, 0) is 33.2 Å². The second-order valence-corrected chi connectivity index (χ2v) is 9.45. The van der Waals surface area contributed by atoms with Gasteiger partial charge in [0.2, 0.25) is 0 Å². The summed E-state index contributed by atoms with van der Waals surface area (Å²) in [5.41, 5.74) is 0. The predicted molar refractivity (Wildman–Crippen MR) is 119 cm³/mol. The summed E-state index contributed by atoms with van der Waals surface area (Å²) in [5, 5.41) is 91.3. The van der Waals surface area contributed by atoms with E-state index in [4.69, 9.17) is 28.4 Å². The Balaban J connectivity index is 1.75. The summed E-state index contributed by atoms with van der Waals surface area (Å²) in [6.45, 7) is 0.0148. The number of aliphatic hydroxyl groups excluding tert-OH is 9. The van der Waals surface area contributed by atoms with Gasteiger partial charge in [-0.25, -0.2) is 0 Å². The molecule has 0 bridgehead atoms. The van der Waals surface area contributed by atoms with E-state index < -0.39 is 112 Å². The van der Waals surface area contributed by atoms with Gasteiger partial charge in [-0.3, -0.25) is 0 Å². The van der Waals surface area contributed by atoms with Crippen molar-refractivity contribution in [2.75, 3.05) is 26.4 Å². The molecular weight excluding hydrogens is 520 g/mol. The molecule has 0 saturated carbocycles. The lowest BCUT2D eigenvalue weighted by molar-refractivity contribution is -0.361. The lowest BCUT2D eigenvalue weighted by Crippen LogP contribution is -2.64. The van der Waals surface area contributed by atoms with E-state index in [0.717, 1.165) is 0 Å². The molecule has 0 radical (unpaired) electrons.